The second-order valence-corrected chi connectivity index (χ2v) is 5.52. The first-order chi connectivity index (χ1) is 9.63. The van der Waals surface area contributed by atoms with Gasteiger partial charge >= 0.3 is 0 Å². The number of nitrogens with zero attached hydrogens (tertiary/aromatic N) is 2. The molecule has 3 rings (SSSR count). The summed E-state index contributed by atoms with van der Waals surface area (Å²) in [5.41, 5.74) is 4.10. The van der Waals surface area contributed by atoms with E-state index in [0.717, 1.165) is 35.2 Å². The summed E-state index contributed by atoms with van der Waals surface area (Å²) in [6, 6.07) is 7.56. The number of benzene rings is 1. The predicted octanol–water partition coefficient (Wildman–Crippen LogP) is 3.84. The normalized spacial score (nSPS) is 14.3. The maximum atomic E-state index is 11.1. The van der Waals surface area contributed by atoms with Gasteiger partial charge in [0.25, 0.3) is 0 Å². The summed E-state index contributed by atoms with van der Waals surface area (Å²) in [6.45, 7) is 0. The molecule has 0 spiro atoms. The fourth-order valence-electron chi connectivity index (χ4n) is 2.58. The number of hydrogen-bond donors (Lipinski definition) is 0. The van der Waals surface area contributed by atoms with Crippen LogP contribution in [0.15, 0.2) is 29.8 Å². The second kappa shape index (κ2) is 5.08. The van der Waals surface area contributed by atoms with E-state index in [1.165, 1.54) is 0 Å². The van der Waals surface area contributed by atoms with Crippen molar-refractivity contribution in [2.75, 3.05) is 0 Å². The van der Waals surface area contributed by atoms with Crippen LogP contribution in [-0.2, 0) is 18.3 Å². The topological polar surface area (TPSA) is 34.9 Å². The minimum atomic E-state index is 0.490. The zero-order valence-corrected chi connectivity index (χ0v) is 12.4. The van der Waals surface area contributed by atoms with E-state index < -0.39 is 0 Å². The number of allylic oxidation sites excluding steroid dienone is 1. The van der Waals surface area contributed by atoms with Gasteiger partial charge in [-0.3, -0.25) is 9.48 Å². The molecular formula is C15H12Cl2N2O. The molecule has 1 aromatic carbocycles. The quantitative estimate of drug-likeness (QED) is 0.790. The predicted molar refractivity (Wildman–Crippen MR) is 80.8 cm³/mol. The molecule has 5 heteroatoms. The summed E-state index contributed by atoms with van der Waals surface area (Å²) in [5.74, 6) is 0. The van der Waals surface area contributed by atoms with Gasteiger partial charge in [0, 0.05) is 28.8 Å². The molecule has 1 aliphatic rings. The lowest BCUT2D eigenvalue weighted by molar-refractivity contribution is -0.105. The minimum absolute atomic E-state index is 0.490. The van der Waals surface area contributed by atoms with Gasteiger partial charge in [-0.15, -0.1) is 0 Å². The number of hydrogen-bond acceptors (Lipinski definition) is 2. The summed E-state index contributed by atoms with van der Waals surface area (Å²) >= 11 is 12.7. The zero-order valence-electron chi connectivity index (χ0n) is 10.9. The highest BCUT2D eigenvalue weighted by atomic mass is 35.5. The zero-order chi connectivity index (χ0) is 14.3. The van der Waals surface area contributed by atoms with Crippen LogP contribution in [0.25, 0.3) is 16.3 Å². The van der Waals surface area contributed by atoms with Gasteiger partial charge in [-0.25, -0.2) is 0 Å². The fraction of sp³-hybridized carbons (Fsp3) is 0.200. The van der Waals surface area contributed by atoms with E-state index in [1.807, 2.05) is 31.3 Å². The molecule has 0 radical (unpaired) electrons. The Bertz CT molecular complexity index is 731. The van der Waals surface area contributed by atoms with Crippen LogP contribution in [0.3, 0.4) is 0 Å². The van der Waals surface area contributed by atoms with E-state index in [9.17, 15) is 4.79 Å². The van der Waals surface area contributed by atoms with Crippen molar-refractivity contribution in [1.29, 1.82) is 0 Å². The number of fused-ring (bicyclic) bond motifs is 1. The Morgan fingerprint density at radius 2 is 2.00 bits per heavy atom. The van der Waals surface area contributed by atoms with Gasteiger partial charge in [0.1, 0.15) is 6.29 Å². The first-order valence-corrected chi connectivity index (χ1v) is 7.04. The van der Waals surface area contributed by atoms with E-state index in [-0.39, 0.29) is 0 Å². The molecule has 0 amide bonds. The van der Waals surface area contributed by atoms with Gasteiger partial charge in [0.05, 0.1) is 16.4 Å². The van der Waals surface area contributed by atoms with Gasteiger partial charge in [0.15, 0.2) is 0 Å². The molecule has 0 saturated carbocycles. The molecule has 0 saturated heterocycles. The Kier molecular flexibility index (Phi) is 3.40. The van der Waals surface area contributed by atoms with Crippen molar-refractivity contribution in [2.24, 2.45) is 7.05 Å². The lowest BCUT2D eigenvalue weighted by atomic mass is 9.94. The van der Waals surface area contributed by atoms with Gasteiger partial charge in [-0.2, -0.15) is 5.10 Å². The SMILES string of the molecule is Cn1nc2c(c1-c1ccccc1Cl)C(Cl)=C(C=O)CC2. The van der Waals surface area contributed by atoms with E-state index in [4.69, 9.17) is 23.2 Å². The Balaban J connectivity index is 2.31. The molecule has 0 unspecified atom stereocenters. The smallest absolute Gasteiger partial charge is 0.147 e. The Morgan fingerprint density at radius 3 is 2.70 bits per heavy atom. The molecule has 20 heavy (non-hydrogen) atoms. The fourth-order valence-corrected chi connectivity index (χ4v) is 3.14. The van der Waals surface area contributed by atoms with Gasteiger partial charge in [-0.05, 0) is 18.9 Å². The summed E-state index contributed by atoms with van der Waals surface area (Å²) in [5, 5.41) is 5.64. The van der Waals surface area contributed by atoms with Crippen LogP contribution in [0.5, 0.6) is 0 Å². The number of halogens is 2. The molecule has 0 bridgehead atoms. The lowest BCUT2D eigenvalue weighted by Crippen LogP contribution is -2.02. The van der Waals surface area contributed by atoms with Crippen LogP contribution in [0, 0.1) is 0 Å². The van der Waals surface area contributed by atoms with E-state index in [0.29, 0.717) is 22.0 Å². The van der Waals surface area contributed by atoms with Crippen LogP contribution in [0.2, 0.25) is 5.02 Å². The highest BCUT2D eigenvalue weighted by Crippen LogP contribution is 2.41. The molecular weight excluding hydrogens is 295 g/mol. The summed E-state index contributed by atoms with van der Waals surface area (Å²) in [4.78, 5) is 11.1. The highest BCUT2D eigenvalue weighted by Gasteiger charge is 2.26. The molecule has 0 atom stereocenters. The van der Waals surface area contributed by atoms with Crippen molar-refractivity contribution in [3.05, 3.63) is 46.1 Å². The van der Waals surface area contributed by atoms with Crippen molar-refractivity contribution in [3.8, 4) is 11.3 Å². The molecule has 3 nitrogen and oxygen atoms in total. The van der Waals surface area contributed by atoms with Gasteiger partial charge in [-0.1, -0.05) is 41.4 Å². The number of aryl methyl sites for hydroxylation is 2. The average molecular weight is 307 g/mol. The van der Waals surface area contributed by atoms with Crippen LogP contribution >= 0.6 is 23.2 Å². The van der Waals surface area contributed by atoms with E-state index in [1.54, 1.807) is 4.68 Å². The molecule has 0 aliphatic heterocycles. The van der Waals surface area contributed by atoms with E-state index in [2.05, 4.69) is 5.10 Å². The van der Waals surface area contributed by atoms with Crippen LogP contribution in [-0.4, -0.2) is 16.1 Å². The number of carbonyl (C=O) groups is 1. The first kappa shape index (κ1) is 13.4. The van der Waals surface area contributed by atoms with Gasteiger partial charge < -0.3 is 0 Å². The largest absolute Gasteiger partial charge is 0.298 e. The maximum Gasteiger partial charge on any atom is 0.147 e. The maximum absolute atomic E-state index is 11.1. The average Bonchev–Trinajstić information content (AvgIpc) is 2.77. The molecule has 1 heterocycles. The molecule has 1 aromatic heterocycles. The van der Waals surface area contributed by atoms with E-state index >= 15 is 0 Å². The Hall–Kier alpha value is -1.58. The van der Waals surface area contributed by atoms with Crippen LogP contribution in [0.4, 0.5) is 0 Å². The van der Waals surface area contributed by atoms with Crippen molar-refractivity contribution in [2.45, 2.75) is 12.8 Å². The van der Waals surface area contributed by atoms with Crippen molar-refractivity contribution in [3.63, 3.8) is 0 Å². The second-order valence-electron chi connectivity index (χ2n) is 4.73. The number of aromatic nitrogens is 2. The molecule has 102 valence electrons. The van der Waals surface area contributed by atoms with Crippen LogP contribution < -0.4 is 0 Å². The third-order valence-electron chi connectivity index (χ3n) is 3.52. The van der Waals surface area contributed by atoms with Crippen molar-refractivity contribution < 1.29 is 4.79 Å². The molecule has 2 aromatic rings. The Labute approximate surface area is 126 Å². The summed E-state index contributed by atoms with van der Waals surface area (Å²) in [6.07, 6.45) is 2.18. The molecule has 1 aliphatic carbocycles. The number of rotatable bonds is 2. The highest BCUT2D eigenvalue weighted by molar-refractivity contribution is 6.51. The first-order valence-electron chi connectivity index (χ1n) is 6.28. The minimum Gasteiger partial charge on any atom is -0.298 e. The summed E-state index contributed by atoms with van der Waals surface area (Å²) < 4.78 is 1.78. The Morgan fingerprint density at radius 1 is 1.25 bits per heavy atom. The number of aldehydes is 1. The lowest BCUT2D eigenvalue weighted by Gasteiger charge is -2.14. The monoisotopic (exact) mass is 306 g/mol. The van der Waals surface area contributed by atoms with Crippen LogP contribution in [0.1, 0.15) is 17.7 Å². The van der Waals surface area contributed by atoms with Crippen molar-refractivity contribution >= 4 is 34.5 Å². The standard InChI is InChI=1S/C15H12Cl2N2O/c1-19-15(10-4-2-3-5-11(10)16)13-12(18-19)7-6-9(8-20)14(13)17/h2-5,8H,6-7H2,1H3. The number of carbonyl (C=O) groups excluding carboxylic acids is 1. The third-order valence-corrected chi connectivity index (χ3v) is 4.28. The third kappa shape index (κ3) is 1.98. The molecule has 0 fully saturated rings. The summed E-state index contributed by atoms with van der Waals surface area (Å²) in [7, 11) is 1.86. The van der Waals surface area contributed by atoms with Crippen molar-refractivity contribution in [1.82, 2.24) is 9.78 Å². The van der Waals surface area contributed by atoms with Gasteiger partial charge in [0.2, 0.25) is 0 Å². The molecule has 0 N–H and O–H groups in total.